The van der Waals surface area contributed by atoms with Crippen LogP contribution >= 0.6 is 12.4 Å². The van der Waals surface area contributed by atoms with Crippen molar-refractivity contribution in [1.29, 1.82) is 0 Å². The van der Waals surface area contributed by atoms with E-state index in [0.717, 1.165) is 25.5 Å². The third kappa shape index (κ3) is 4.46. The monoisotopic (exact) mass is 371 g/mol. The van der Waals surface area contributed by atoms with E-state index in [1.54, 1.807) is 6.20 Å². The number of pyridine rings is 1. The molecule has 1 atom stereocenters. The minimum Gasteiger partial charge on any atom is -0.338 e. The van der Waals surface area contributed by atoms with Gasteiger partial charge in [0.05, 0.1) is 6.54 Å². The van der Waals surface area contributed by atoms with E-state index in [4.69, 9.17) is 4.52 Å². The predicted molar refractivity (Wildman–Crippen MR) is 101 cm³/mol. The second-order valence-corrected chi connectivity index (χ2v) is 6.24. The lowest BCUT2D eigenvalue weighted by Gasteiger charge is -2.35. The smallest absolute Gasteiger partial charge is 0.240 e. The second kappa shape index (κ2) is 8.89. The van der Waals surface area contributed by atoms with Gasteiger partial charge in [-0.25, -0.2) is 0 Å². The minimum atomic E-state index is 0. The summed E-state index contributed by atoms with van der Waals surface area (Å²) in [7, 11) is 0. The van der Waals surface area contributed by atoms with Gasteiger partial charge in [-0.3, -0.25) is 9.88 Å². The molecular formula is C19H22ClN5O. The molecule has 4 rings (SSSR count). The molecule has 0 spiro atoms. The van der Waals surface area contributed by atoms with E-state index >= 15 is 0 Å². The van der Waals surface area contributed by atoms with Crippen LogP contribution in [0.1, 0.15) is 28.9 Å². The number of hydrogen-bond donors (Lipinski definition) is 1. The molecule has 1 saturated heterocycles. The van der Waals surface area contributed by atoms with Gasteiger partial charge in [-0.1, -0.05) is 41.6 Å². The number of halogens is 1. The lowest BCUT2D eigenvalue weighted by molar-refractivity contribution is 0.135. The number of aromatic nitrogens is 3. The minimum absolute atomic E-state index is 0. The van der Waals surface area contributed by atoms with Crippen molar-refractivity contribution in [2.24, 2.45) is 0 Å². The highest BCUT2D eigenvalue weighted by Crippen LogP contribution is 2.23. The first-order valence-corrected chi connectivity index (χ1v) is 8.58. The molecule has 0 aliphatic carbocycles. The summed E-state index contributed by atoms with van der Waals surface area (Å²) in [5.74, 6) is 1.40. The van der Waals surface area contributed by atoms with E-state index in [1.165, 1.54) is 11.1 Å². The molecule has 6 nitrogen and oxygen atoms in total. The average Bonchev–Trinajstić information content (AvgIpc) is 3.10. The van der Waals surface area contributed by atoms with E-state index in [2.05, 4.69) is 43.5 Å². The third-order valence-electron chi connectivity index (χ3n) is 4.48. The van der Waals surface area contributed by atoms with Crippen molar-refractivity contribution in [2.45, 2.75) is 19.0 Å². The molecule has 1 aliphatic heterocycles. The molecule has 26 heavy (non-hydrogen) atoms. The Balaban J connectivity index is 0.00000196. The Morgan fingerprint density at radius 1 is 1.15 bits per heavy atom. The molecule has 2 aromatic heterocycles. The summed E-state index contributed by atoms with van der Waals surface area (Å²) in [6.07, 6.45) is 4.43. The van der Waals surface area contributed by atoms with E-state index in [0.29, 0.717) is 18.9 Å². The maximum atomic E-state index is 5.48. The van der Waals surface area contributed by atoms with Crippen molar-refractivity contribution in [2.75, 3.05) is 19.6 Å². The van der Waals surface area contributed by atoms with Gasteiger partial charge in [0.1, 0.15) is 0 Å². The molecule has 0 bridgehead atoms. The van der Waals surface area contributed by atoms with Gasteiger partial charge in [0, 0.05) is 44.5 Å². The second-order valence-electron chi connectivity index (χ2n) is 6.24. The normalized spacial score (nSPS) is 17.6. The van der Waals surface area contributed by atoms with Crippen LogP contribution in [0.5, 0.6) is 0 Å². The van der Waals surface area contributed by atoms with Gasteiger partial charge in [-0.2, -0.15) is 4.98 Å². The quantitative estimate of drug-likeness (QED) is 0.743. The fraction of sp³-hybridized carbons (Fsp3) is 0.316. The van der Waals surface area contributed by atoms with Crippen LogP contribution in [0.2, 0.25) is 0 Å². The topological polar surface area (TPSA) is 67.1 Å². The molecule has 3 heterocycles. The first-order chi connectivity index (χ1) is 12.4. The maximum absolute atomic E-state index is 5.48. The predicted octanol–water partition coefficient (Wildman–Crippen LogP) is 2.62. The number of nitrogens with zero attached hydrogens (tertiary/aromatic N) is 4. The summed E-state index contributed by atoms with van der Waals surface area (Å²) in [5.41, 5.74) is 2.39. The van der Waals surface area contributed by atoms with Crippen LogP contribution in [0.15, 0.2) is 59.4 Å². The number of hydrogen-bond acceptors (Lipinski definition) is 6. The molecule has 0 saturated carbocycles. The fourth-order valence-electron chi connectivity index (χ4n) is 3.22. The third-order valence-corrected chi connectivity index (χ3v) is 4.48. The van der Waals surface area contributed by atoms with E-state index in [1.807, 2.05) is 30.5 Å². The molecule has 1 aliphatic rings. The van der Waals surface area contributed by atoms with Crippen LogP contribution in [-0.2, 0) is 13.0 Å². The summed E-state index contributed by atoms with van der Waals surface area (Å²) in [5, 5.41) is 7.58. The number of benzene rings is 1. The zero-order chi connectivity index (χ0) is 16.9. The lowest BCUT2D eigenvalue weighted by atomic mass is 10.1. The zero-order valence-corrected chi connectivity index (χ0v) is 15.2. The molecule has 1 aromatic carbocycles. The maximum Gasteiger partial charge on any atom is 0.240 e. The summed E-state index contributed by atoms with van der Waals surface area (Å²) >= 11 is 0. The SMILES string of the molecule is Cl.c1ccc(Cc2noc(CN3CCNCC3c3cccnc3)n2)cc1. The molecule has 0 amide bonds. The van der Waals surface area contributed by atoms with Gasteiger partial charge in [-0.05, 0) is 17.2 Å². The Labute approximate surface area is 159 Å². The van der Waals surface area contributed by atoms with Gasteiger partial charge in [0.25, 0.3) is 0 Å². The average molecular weight is 372 g/mol. The fourth-order valence-corrected chi connectivity index (χ4v) is 3.22. The Kier molecular flexibility index (Phi) is 6.33. The van der Waals surface area contributed by atoms with Crippen molar-refractivity contribution in [1.82, 2.24) is 25.3 Å². The highest BCUT2D eigenvalue weighted by atomic mass is 35.5. The van der Waals surface area contributed by atoms with Crippen LogP contribution in [0, 0.1) is 0 Å². The molecule has 136 valence electrons. The summed E-state index contributed by atoms with van der Waals surface area (Å²) in [6.45, 7) is 3.46. The first-order valence-electron chi connectivity index (χ1n) is 8.58. The Hall–Kier alpha value is -2.28. The summed E-state index contributed by atoms with van der Waals surface area (Å²) in [4.78, 5) is 11.2. The lowest BCUT2D eigenvalue weighted by Crippen LogP contribution is -2.45. The molecule has 3 aromatic rings. The van der Waals surface area contributed by atoms with Crippen LogP contribution in [0.4, 0.5) is 0 Å². The van der Waals surface area contributed by atoms with Crippen LogP contribution in [0.3, 0.4) is 0 Å². The summed E-state index contributed by atoms with van der Waals surface area (Å²) in [6, 6.07) is 14.6. The molecule has 0 radical (unpaired) electrons. The van der Waals surface area contributed by atoms with Gasteiger partial charge < -0.3 is 9.84 Å². The van der Waals surface area contributed by atoms with Gasteiger partial charge >= 0.3 is 0 Å². The molecule has 1 fully saturated rings. The molecular weight excluding hydrogens is 350 g/mol. The first kappa shape index (κ1) is 18.5. The molecule has 1 N–H and O–H groups in total. The number of piperazine rings is 1. The standard InChI is InChI=1S/C19H21N5O.ClH/c1-2-5-15(6-3-1)11-18-22-19(25-23-18)14-24-10-9-21-13-17(24)16-7-4-8-20-12-16;/h1-8,12,17,21H,9-11,13-14H2;1H. The van der Waals surface area contributed by atoms with E-state index in [-0.39, 0.29) is 18.4 Å². The zero-order valence-electron chi connectivity index (χ0n) is 14.4. The van der Waals surface area contributed by atoms with Crippen molar-refractivity contribution < 1.29 is 4.52 Å². The molecule has 7 heteroatoms. The summed E-state index contributed by atoms with van der Waals surface area (Å²) < 4.78 is 5.48. The van der Waals surface area contributed by atoms with Crippen molar-refractivity contribution in [3.05, 3.63) is 77.7 Å². The van der Waals surface area contributed by atoms with E-state index in [9.17, 15) is 0 Å². The largest absolute Gasteiger partial charge is 0.338 e. The Bertz CT molecular complexity index is 796. The molecule has 1 unspecified atom stereocenters. The van der Waals surface area contributed by atoms with Crippen LogP contribution in [-0.4, -0.2) is 39.7 Å². The van der Waals surface area contributed by atoms with Gasteiger partial charge in [0.15, 0.2) is 5.82 Å². The number of nitrogens with one attached hydrogen (secondary N) is 1. The van der Waals surface area contributed by atoms with Crippen molar-refractivity contribution in [3.8, 4) is 0 Å². The van der Waals surface area contributed by atoms with Crippen molar-refractivity contribution in [3.63, 3.8) is 0 Å². The van der Waals surface area contributed by atoms with Crippen molar-refractivity contribution >= 4 is 12.4 Å². The van der Waals surface area contributed by atoms with Gasteiger partial charge in [0.2, 0.25) is 5.89 Å². The Morgan fingerprint density at radius 3 is 2.85 bits per heavy atom. The highest BCUT2D eigenvalue weighted by molar-refractivity contribution is 5.85. The van der Waals surface area contributed by atoms with Gasteiger partial charge in [-0.15, -0.1) is 12.4 Å². The Morgan fingerprint density at radius 2 is 2.04 bits per heavy atom. The number of rotatable bonds is 5. The van der Waals surface area contributed by atoms with E-state index < -0.39 is 0 Å². The highest BCUT2D eigenvalue weighted by Gasteiger charge is 2.25. The van der Waals surface area contributed by atoms with Crippen LogP contribution in [0.25, 0.3) is 0 Å². The van der Waals surface area contributed by atoms with Crippen LogP contribution < -0.4 is 5.32 Å².